The molecule has 4 rings (SSSR count). The molecule has 160 valence electrons. The van der Waals surface area contributed by atoms with E-state index in [0.717, 1.165) is 15.6 Å². The Morgan fingerprint density at radius 1 is 0.938 bits per heavy atom. The first-order chi connectivity index (χ1) is 15.4. The van der Waals surface area contributed by atoms with Gasteiger partial charge in [0.15, 0.2) is 0 Å². The summed E-state index contributed by atoms with van der Waals surface area (Å²) >= 11 is 13.6. The fourth-order valence-corrected chi connectivity index (χ4v) is 4.56. The molecule has 0 aliphatic carbocycles. The third kappa shape index (κ3) is 4.91. The predicted molar refractivity (Wildman–Crippen MR) is 129 cm³/mol. The highest BCUT2D eigenvalue weighted by Crippen LogP contribution is 2.37. The zero-order valence-corrected chi connectivity index (χ0v) is 18.6. The van der Waals surface area contributed by atoms with E-state index in [2.05, 4.69) is 15.8 Å². The molecule has 1 aromatic heterocycles. The summed E-state index contributed by atoms with van der Waals surface area (Å²) in [6.45, 7) is 0. The number of benzene rings is 3. The standard InChI is InChI=1S/C23H15Cl2N3O3S/c24-15-5-10-18-19(11-15)32-21(20(18)25)23(31)27-16-6-3-14(4-7-16)22(30)28-26-12-13-1-8-17(29)9-2-13/h1-12,29H,(H,27,31)(H,28,30)/b26-12-. The highest BCUT2D eigenvalue weighted by atomic mass is 35.5. The number of rotatable bonds is 5. The van der Waals surface area contributed by atoms with E-state index in [1.165, 1.54) is 29.7 Å². The largest absolute Gasteiger partial charge is 0.508 e. The van der Waals surface area contributed by atoms with Crippen molar-refractivity contribution in [1.82, 2.24) is 5.43 Å². The summed E-state index contributed by atoms with van der Waals surface area (Å²) in [7, 11) is 0. The summed E-state index contributed by atoms with van der Waals surface area (Å²) in [5, 5.41) is 17.7. The summed E-state index contributed by atoms with van der Waals surface area (Å²) in [5.74, 6) is -0.595. The van der Waals surface area contributed by atoms with Crippen LogP contribution in [0.25, 0.3) is 10.1 Å². The Labute approximate surface area is 197 Å². The number of anilines is 1. The number of phenolic OH excluding ortho intramolecular Hbond substituents is 1. The van der Waals surface area contributed by atoms with E-state index in [0.29, 0.717) is 26.2 Å². The molecule has 4 aromatic rings. The van der Waals surface area contributed by atoms with Crippen molar-refractivity contribution < 1.29 is 14.7 Å². The average Bonchev–Trinajstić information content (AvgIpc) is 3.11. The summed E-state index contributed by atoms with van der Waals surface area (Å²) in [5.41, 5.74) is 4.05. The summed E-state index contributed by atoms with van der Waals surface area (Å²) in [6.07, 6.45) is 1.47. The molecule has 2 amide bonds. The van der Waals surface area contributed by atoms with Crippen molar-refractivity contribution in [2.24, 2.45) is 5.10 Å². The van der Waals surface area contributed by atoms with Crippen molar-refractivity contribution in [2.45, 2.75) is 0 Å². The number of nitrogens with zero attached hydrogens (tertiary/aromatic N) is 1. The van der Waals surface area contributed by atoms with Crippen LogP contribution in [0.3, 0.4) is 0 Å². The minimum atomic E-state index is -0.401. The van der Waals surface area contributed by atoms with Crippen LogP contribution in [0, 0.1) is 0 Å². The second-order valence-corrected chi connectivity index (χ2v) is 8.57. The number of carbonyl (C=O) groups excluding carboxylic acids is 2. The number of aromatic hydroxyl groups is 1. The van der Waals surface area contributed by atoms with Gasteiger partial charge >= 0.3 is 0 Å². The maximum Gasteiger partial charge on any atom is 0.271 e. The zero-order chi connectivity index (χ0) is 22.7. The van der Waals surface area contributed by atoms with Crippen molar-refractivity contribution >= 4 is 68.3 Å². The molecule has 1 heterocycles. The van der Waals surface area contributed by atoms with Gasteiger partial charge in [-0.15, -0.1) is 11.3 Å². The first kappa shape index (κ1) is 21.8. The molecular weight excluding hydrogens is 469 g/mol. The molecule has 32 heavy (non-hydrogen) atoms. The van der Waals surface area contributed by atoms with Gasteiger partial charge in [-0.05, 0) is 66.2 Å². The van der Waals surface area contributed by atoms with E-state index in [9.17, 15) is 14.7 Å². The molecule has 9 heteroatoms. The monoisotopic (exact) mass is 483 g/mol. The molecule has 0 unspecified atom stereocenters. The fraction of sp³-hybridized carbons (Fsp3) is 0. The number of hydrogen-bond acceptors (Lipinski definition) is 5. The summed E-state index contributed by atoms with van der Waals surface area (Å²) < 4.78 is 0.826. The molecule has 3 N–H and O–H groups in total. The van der Waals surface area contributed by atoms with Crippen molar-refractivity contribution in [1.29, 1.82) is 0 Å². The van der Waals surface area contributed by atoms with E-state index < -0.39 is 5.91 Å². The van der Waals surface area contributed by atoms with Crippen LogP contribution in [-0.2, 0) is 0 Å². The minimum absolute atomic E-state index is 0.150. The Balaban J connectivity index is 1.40. The second kappa shape index (κ2) is 9.40. The van der Waals surface area contributed by atoms with Crippen LogP contribution in [0.15, 0.2) is 71.8 Å². The number of carbonyl (C=O) groups is 2. The average molecular weight is 484 g/mol. The second-order valence-electron chi connectivity index (χ2n) is 6.71. The predicted octanol–water partition coefficient (Wildman–Crippen LogP) is 5.93. The Morgan fingerprint density at radius 3 is 2.38 bits per heavy atom. The van der Waals surface area contributed by atoms with Gasteiger partial charge in [0.05, 0.1) is 11.2 Å². The molecular formula is C23H15Cl2N3O3S. The number of nitrogens with one attached hydrogen (secondary N) is 2. The van der Waals surface area contributed by atoms with Gasteiger partial charge in [-0.1, -0.05) is 29.3 Å². The van der Waals surface area contributed by atoms with Crippen molar-refractivity contribution in [3.8, 4) is 5.75 Å². The lowest BCUT2D eigenvalue weighted by molar-refractivity contribution is 0.0954. The van der Waals surface area contributed by atoms with Crippen LogP contribution in [0.4, 0.5) is 5.69 Å². The van der Waals surface area contributed by atoms with Gasteiger partial charge in [0.2, 0.25) is 0 Å². The Hall–Kier alpha value is -3.39. The van der Waals surface area contributed by atoms with Crippen LogP contribution in [-0.4, -0.2) is 23.1 Å². The molecule has 0 aliphatic heterocycles. The first-order valence-electron chi connectivity index (χ1n) is 9.32. The van der Waals surface area contributed by atoms with Crippen LogP contribution in [0.2, 0.25) is 10.0 Å². The molecule has 0 radical (unpaired) electrons. The number of thiophene rings is 1. The van der Waals surface area contributed by atoms with Gasteiger partial charge in [-0.2, -0.15) is 5.10 Å². The van der Waals surface area contributed by atoms with Crippen molar-refractivity contribution in [2.75, 3.05) is 5.32 Å². The molecule has 3 aromatic carbocycles. The quantitative estimate of drug-likeness (QED) is 0.242. The van der Waals surface area contributed by atoms with Gasteiger partial charge in [0.25, 0.3) is 11.8 Å². The number of halogens is 2. The van der Waals surface area contributed by atoms with E-state index in [-0.39, 0.29) is 11.7 Å². The topological polar surface area (TPSA) is 90.8 Å². The minimum Gasteiger partial charge on any atom is -0.508 e. The van der Waals surface area contributed by atoms with Crippen LogP contribution >= 0.6 is 34.5 Å². The normalized spacial score (nSPS) is 11.1. The number of amides is 2. The van der Waals surface area contributed by atoms with Gasteiger partial charge in [-0.25, -0.2) is 5.43 Å². The lowest BCUT2D eigenvalue weighted by atomic mass is 10.2. The molecule has 0 atom stereocenters. The SMILES string of the molecule is O=C(N/N=C\c1ccc(O)cc1)c1ccc(NC(=O)c2sc3cc(Cl)ccc3c2Cl)cc1. The van der Waals surface area contributed by atoms with E-state index in [1.54, 1.807) is 54.6 Å². The van der Waals surface area contributed by atoms with Gasteiger partial charge in [0.1, 0.15) is 10.6 Å². The molecule has 0 saturated carbocycles. The third-order valence-corrected chi connectivity index (χ3v) is 6.37. The molecule has 0 aliphatic rings. The fourth-order valence-electron chi connectivity index (χ4n) is 2.87. The molecule has 0 saturated heterocycles. The van der Waals surface area contributed by atoms with Gasteiger partial charge < -0.3 is 10.4 Å². The van der Waals surface area contributed by atoms with E-state index in [4.69, 9.17) is 23.2 Å². The number of hydrazone groups is 1. The lowest BCUT2D eigenvalue weighted by Gasteiger charge is -2.05. The van der Waals surface area contributed by atoms with Crippen LogP contribution in [0.5, 0.6) is 5.75 Å². The zero-order valence-electron chi connectivity index (χ0n) is 16.3. The van der Waals surface area contributed by atoms with Crippen molar-refractivity contribution in [3.63, 3.8) is 0 Å². The number of fused-ring (bicyclic) bond motifs is 1. The number of phenols is 1. The van der Waals surface area contributed by atoms with E-state index in [1.807, 2.05) is 0 Å². The smallest absolute Gasteiger partial charge is 0.271 e. The Morgan fingerprint density at radius 2 is 1.66 bits per heavy atom. The van der Waals surface area contributed by atoms with Gasteiger partial charge in [-0.3, -0.25) is 9.59 Å². The maximum atomic E-state index is 12.7. The highest BCUT2D eigenvalue weighted by molar-refractivity contribution is 7.21. The molecule has 6 nitrogen and oxygen atoms in total. The molecule has 0 bridgehead atoms. The summed E-state index contributed by atoms with van der Waals surface area (Å²) in [4.78, 5) is 25.3. The third-order valence-electron chi connectivity index (χ3n) is 4.48. The first-order valence-corrected chi connectivity index (χ1v) is 10.9. The van der Waals surface area contributed by atoms with Crippen LogP contribution < -0.4 is 10.7 Å². The molecule has 0 spiro atoms. The van der Waals surface area contributed by atoms with Crippen LogP contribution in [0.1, 0.15) is 25.6 Å². The highest BCUT2D eigenvalue weighted by Gasteiger charge is 2.17. The number of hydrogen-bond donors (Lipinski definition) is 3. The van der Waals surface area contributed by atoms with E-state index >= 15 is 0 Å². The Bertz CT molecular complexity index is 1330. The maximum absolute atomic E-state index is 12.7. The Kier molecular flexibility index (Phi) is 6.41. The van der Waals surface area contributed by atoms with Crippen molar-refractivity contribution in [3.05, 3.63) is 92.8 Å². The van der Waals surface area contributed by atoms with Gasteiger partial charge in [0, 0.05) is 26.4 Å². The summed E-state index contributed by atoms with van der Waals surface area (Å²) in [6, 6.07) is 18.0. The lowest BCUT2D eigenvalue weighted by Crippen LogP contribution is -2.17. The molecule has 0 fully saturated rings.